The first-order chi connectivity index (χ1) is 13.7. The Morgan fingerprint density at radius 2 is 2.00 bits per heavy atom. The summed E-state index contributed by atoms with van der Waals surface area (Å²) in [5.74, 6) is 1.41. The van der Waals surface area contributed by atoms with Crippen molar-refractivity contribution in [3.05, 3.63) is 30.1 Å². The molecule has 156 valence electrons. The maximum absolute atomic E-state index is 13.1. The third-order valence-electron chi connectivity index (χ3n) is 5.49. The van der Waals surface area contributed by atoms with Crippen LogP contribution in [0.3, 0.4) is 0 Å². The molecule has 0 bridgehead atoms. The third-order valence-corrected chi connectivity index (χ3v) is 5.49. The summed E-state index contributed by atoms with van der Waals surface area (Å²) in [6.07, 6.45) is 1.14. The van der Waals surface area contributed by atoms with Crippen molar-refractivity contribution in [1.29, 1.82) is 0 Å². The molecule has 1 atom stereocenters. The molecule has 1 aromatic carbocycles. The predicted octanol–water partition coefficient (Wildman–Crippen LogP) is 1.88. The van der Waals surface area contributed by atoms with Gasteiger partial charge in [-0.1, -0.05) is 0 Å². The zero-order chi connectivity index (χ0) is 19.8. The van der Waals surface area contributed by atoms with Gasteiger partial charge in [0.25, 0.3) is 0 Å². The largest absolute Gasteiger partial charge is 0.381 e. The maximum atomic E-state index is 13.1. The van der Waals surface area contributed by atoms with Crippen LogP contribution in [0.4, 0.5) is 10.1 Å². The molecule has 0 radical (unpaired) electrons. The summed E-state index contributed by atoms with van der Waals surface area (Å²) in [6, 6.07) is 6.80. The first kappa shape index (κ1) is 20.9. The molecule has 2 heterocycles. The normalized spacial score (nSPS) is 21.2. The van der Waals surface area contributed by atoms with Gasteiger partial charge in [0.1, 0.15) is 5.82 Å². The molecule has 7 heteroatoms. The Morgan fingerprint density at radius 3 is 2.64 bits per heavy atom. The number of anilines is 1. The minimum absolute atomic E-state index is 0.179. The standard InChI is InChI=1S/C21H34FN5O/c1-3-23-21(25(2)16-18-8-15-28-17-18)24-9-10-26-11-13-27(14-12-26)20-6-4-19(22)5-7-20/h4-7,18H,3,8-17H2,1-2H3,(H,23,24). The van der Waals surface area contributed by atoms with Gasteiger partial charge in [-0.2, -0.15) is 0 Å². The molecule has 1 aromatic rings. The number of hydrogen-bond donors (Lipinski definition) is 1. The van der Waals surface area contributed by atoms with Crippen molar-refractivity contribution in [1.82, 2.24) is 15.1 Å². The number of ether oxygens (including phenoxy) is 1. The lowest BCUT2D eigenvalue weighted by atomic mass is 10.1. The van der Waals surface area contributed by atoms with E-state index in [-0.39, 0.29) is 5.82 Å². The van der Waals surface area contributed by atoms with Crippen LogP contribution < -0.4 is 10.2 Å². The van der Waals surface area contributed by atoms with Crippen LogP contribution in [-0.2, 0) is 4.74 Å². The molecule has 2 aliphatic rings. The minimum atomic E-state index is -0.179. The van der Waals surface area contributed by atoms with Gasteiger partial charge in [0.2, 0.25) is 0 Å². The van der Waals surface area contributed by atoms with E-state index < -0.39 is 0 Å². The van der Waals surface area contributed by atoms with Crippen LogP contribution in [0.2, 0.25) is 0 Å². The fourth-order valence-electron chi connectivity index (χ4n) is 3.85. The summed E-state index contributed by atoms with van der Waals surface area (Å²) in [5.41, 5.74) is 1.10. The number of rotatable bonds is 7. The van der Waals surface area contributed by atoms with Crippen LogP contribution >= 0.6 is 0 Å². The minimum Gasteiger partial charge on any atom is -0.381 e. The van der Waals surface area contributed by atoms with Crippen molar-refractivity contribution in [3.63, 3.8) is 0 Å². The lowest BCUT2D eigenvalue weighted by Gasteiger charge is -2.36. The summed E-state index contributed by atoms with van der Waals surface area (Å²) < 4.78 is 18.6. The number of benzene rings is 1. The number of nitrogens with zero attached hydrogens (tertiary/aromatic N) is 4. The zero-order valence-electron chi connectivity index (χ0n) is 17.2. The Kier molecular flexibility index (Phi) is 7.91. The summed E-state index contributed by atoms with van der Waals surface area (Å²) in [5, 5.41) is 3.40. The molecule has 2 aliphatic heterocycles. The van der Waals surface area contributed by atoms with Gasteiger partial charge in [-0.3, -0.25) is 9.89 Å². The van der Waals surface area contributed by atoms with Gasteiger partial charge in [-0.25, -0.2) is 4.39 Å². The number of guanidine groups is 1. The fraction of sp³-hybridized carbons (Fsp3) is 0.667. The van der Waals surface area contributed by atoms with E-state index in [1.807, 2.05) is 12.1 Å². The fourth-order valence-corrected chi connectivity index (χ4v) is 3.85. The maximum Gasteiger partial charge on any atom is 0.193 e. The Morgan fingerprint density at radius 1 is 1.25 bits per heavy atom. The second-order valence-corrected chi connectivity index (χ2v) is 7.65. The van der Waals surface area contributed by atoms with E-state index in [0.717, 1.165) is 83.6 Å². The molecule has 3 rings (SSSR count). The molecule has 2 saturated heterocycles. The van der Waals surface area contributed by atoms with Crippen LogP contribution in [0.5, 0.6) is 0 Å². The summed E-state index contributed by atoms with van der Waals surface area (Å²) in [7, 11) is 2.11. The Labute approximate surface area is 168 Å². The van der Waals surface area contributed by atoms with E-state index in [1.54, 1.807) is 0 Å². The first-order valence-corrected chi connectivity index (χ1v) is 10.5. The molecule has 6 nitrogen and oxygen atoms in total. The SMILES string of the molecule is CCNC(=NCCN1CCN(c2ccc(F)cc2)CC1)N(C)CC1CCOC1. The first-order valence-electron chi connectivity index (χ1n) is 10.5. The lowest BCUT2D eigenvalue weighted by Crippen LogP contribution is -2.47. The van der Waals surface area contributed by atoms with Crippen LogP contribution in [0, 0.1) is 11.7 Å². The Hall–Kier alpha value is -1.86. The van der Waals surface area contributed by atoms with Gasteiger partial charge < -0.3 is 19.9 Å². The second-order valence-electron chi connectivity index (χ2n) is 7.65. The van der Waals surface area contributed by atoms with E-state index in [9.17, 15) is 4.39 Å². The van der Waals surface area contributed by atoms with Gasteiger partial charge in [0.05, 0.1) is 13.2 Å². The van der Waals surface area contributed by atoms with Crippen LogP contribution in [0.1, 0.15) is 13.3 Å². The highest BCUT2D eigenvalue weighted by molar-refractivity contribution is 5.79. The highest BCUT2D eigenvalue weighted by atomic mass is 19.1. The van der Waals surface area contributed by atoms with Crippen molar-refractivity contribution < 1.29 is 9.13 Å². The molecule has 0 amide bonds. The van der Waals surface area contributed by atoms with E-state index >= 15 is 0 Å². The molecule has 1 N–H and O–H groups in total. The van der Waals surface area contributed by atoms with E-state index in [2.05, 4.69) is 34.0 Å². The van der Waals surface area contributed by atoms with Gasteiger partial charge in [-0.15, -0.1) is 0 Å². The topological polar surface area (TPSA) is 43.3 Å². The Bertz CT molecular complexity index is 610. The molecular formula is C21H34FN5O. The molecule has 28 heavy (non-hydrogen) atoms. The highest BCUT2D eigenvalue weighted by Gasteiger charge is 2.20. The van der Waals surface area contributed by atoms with E-state index in [4.69, 9.17) is 9.73 Å². The molecular weight excluding hydrogens is 357 g/mol. The number of nitrogens with one attached hydrogen (secondary N) is 1. The van der Waals surface area contributed by atoms with Crippen molar-refractivity contribution in [2.24, 2.45) is 10.9 Å². The number of piperazine rings is 1. The van der Waals surface area contributed by atoms with Crippen LogP contribution in [0.25, 0.3) is 0 Å². The van der Waals surface area contributed by atoms with Gasteiger partial charge >= 0.3 is 0 Å². The number of halogens is 1. The predicted molar refractivity (Wildman–Crippen MR) is 113 cm³/mol. The number of aliphatic imine (C=N–C) groups is 1. The second kappa shape index (κ2) is 10.6. The molecule has 0 saturated carbocycles. The lowest BCUT2D eigenvalue weighted by molar-refractivity contribution is 0.181. The van der Waals surface area contributed by atoms with Crippen molar-refractivity contribution in [2.75, 3.05) is 77.5 Å². The monoisotopic (exact) mass is 391 g/mol. The summed E-state index contributed by atoms with van der Waals surface area (Å²) in [4.78, 5) is 11.8. The Balaban J connectivity index is 1.42. The molecule has 1 unspecified atom stereocenters. The molecule has 0 aromatic heterocycles. The van der Waals surface area contributed by atoms with E-state index in [1.165, 1.54) is 12.1 Å². The highest BCUT2D eigenvalue weighted by Crippen LogP contribution is 2.17. The summed E-state index contributed by atoms with van der Waals surface area (Å²) >= 11 is 0. The summed E-state index contributed by atoms with van der Waals surface area (Å²) in [6.45, 7) is 11.4. The quantitative estimate of drug-likeness (QED) is 0.568. The van der Waals surface area contributed by atoms with Gasteiger partial charge in [0.15, 0.2) is 5.96 Å². The molecule has 0 spiro atoms. The van der Waals surface area contributed by atoms with Gasteiger partial charge in [-0.05, 0) is 37.6 Å². The molecule has 0 aliphatic carbocycles. The zero-order valence-corrected chi connectivity index (χ0v) is 17.2. The van der Waals surface area contributed by atoms with Crippen molar-refractivity contribution in [2.45, 2.75) is 13.3 Å². The average Bonchev–Trinajstić information content (AvgIpc) is 3.21. The van der Waals surface area contributed by atoms with Crippen molar-refractivity contribution in [3.8, 4) is 0 Å². The smallest absolute Gasteiger partial charge is 0.193 e. The van der Waals surface area contributed by atoms with Crippen LogP contribution in [-0.4, -0.2) is 88.4 Å². The van der Waals surface area contributed by atoms with Crippen LogP contribution in [0.15, 0.2) is 29.3 Å². The van der Waals surface area contributed by atoms with E-state index in [0.29, 0.717) is 5.92 Å². The third kappa shape index (κ3) is 6.07. The average molecular weight is 392 g/mol. The van der Waals surface area contributed by atoms with Crippen molar-refractivity contribution >= 4 is 11.6 Å². The number of hydrogen-bond acceptors (Lipinski definition) is 4. The van der Waals surface area contributed by atoms with Gasteiger partial charge in [0, 0.05) is 71.1 Å². The molecule has 2 fully saturated rings.